The summed E-state index contributed by atoms with van der Waals surface area (Å²) in [6.07, 6.45) is 0.906. The van der Waals surface area contributed by atoms with Gasteiger partial charge in [0.25, 0.3) is 0 Å². The summed E-state index contributed by atoms with van der Waals surface area (Å²) in [5.74, 6) is -0.147. The molecule has 3 rings (SSSR count). The predicted octanol–water partition coefficient (Wildman–Crippen LogP) is 3.49. The fraction of sp³-hybridized carbons (Fsp3) is 0.333. The van der Waals surface area contributed by atoms with Gasteiger partial charge in [0.05, 0.1) is 6.10 Å². The van der Waals surface area contributed by atoms with Crippen LogP contribution in [0.3, 0.4) is 0 Å². The first-order valence-corrected chi connectivity index (χ1v) is 9.73. The Hall–Kier alpha value is -2.26. The molecule has 0 fully saturated rings. The molecule has 1 aliphatic carbocycles. The Bertz CT molecular complexity index is 944. The normalized spacial score (nSPS) is 20.1. The van der Waals surface area contributed by atoms with Gasteiger partial charge in [0.15, 0.2) is 0 Å². The minimum Gasteiger partial charge on any atom is -0.508 e. The Morgan fingerprint density at radius 3 is 2.59 bits per heavy atom. The zero-order valence-electron chi connectivity index (χ0n) is 14.1. The van der Waals surface area contributed by atoms with E-state index in [2.05, 4.69) is 0 Å². The molecule has 0 heterocycles. The quantitative estimate of drug-likeness (QED) is 0.732. The number of fused-ring (bicyclic) bond motifs is 1. The number of aromatic hydroxyl groups is 1. The molecule has 0 saturated heterocycles. The number of aryl methyl sites for hydroxylation is 1. The minimum atomic E-state index is -5.48. The summed E-state index contributed by atoms with van der Waals surface area (Å²) in [4.78, 5) is 0. The summed E-state index contributed by atoms with van der Waals surface area (Å²) in [5.41, 5.74) is -3.39. The van der Waals surface area contributed by atoms with Crippen LogP contribution in [-0.2, 0) is 22.9 Å². The van der Waals surface area contributed by atoms with E-state index in [9.17, 15) is 31.8 Å². The summed E-state index contributed by atoms with van der Waals surface area (Å²) in [6, 6.07) is 10.5. The standard InChI is InChI=1S/C18H18F3NO4S/c19-18(20,21)27(25,26)22-14-3-1-2-11(9-14)8-13-5-4-12-6-7-15(23)10-16(12)17(13)24/h1-3,6-7,9-10,13,17,22-24H,4-5,8H2. The van der Waals surface area contributed by atoms with Crippen LogP contribution in [0.15, 0.2) is 42.5 Å². The van der Waals surface area contributed by atoms with Crippen LogP contribution in [0.25, 0.3) is 0 Å². The molecule has 0 aliphatic heterocycles. The van der Waals surface area contributed by atoms with Gasteiger partial charge >= 0.3 is 15.5 Å². The van der Waals surface area contributed by atoms with Crippen LogP contribution in [-0.4, -0.2) is 24.1 Å². The molecule has 0 amide bonds. The summed E-state index contributed by atoms with van der Waals surface area (Å²) in [6.45, 7) is 0. The third kappa shape index (κ3) is 4.19. The van der Waals surface area contributed by atoms with Gasteiger partial charge in [-0.1, -0.05) is 18.2 Å². The van der Waals surface area contributed by atoms with Crippen molar-refractivity contribution in [2.75, 3.05) is 4.72 Å². The monoisotopic (exact) mass is 401 g/mol. The lowest BCUT2D eigenvalue weighted by Gasteiger charge is -2.30. The minimum absolute atomic E-state index is 0.0528. The van der Waals surface area contributed by atoms with Crippen LogP contribution in [0.5, 0.6) is 5.75 Å². The molecule has 146 valence electrons. The predicted molar refractivity (Wildman–Crippen MR) is 93.6 cm³/mol. The molecule has 9 heteroatoms. The highest BCUT2D eigenvalue weighted by Gasteiger charge is 2.46. The largest absolute Gasteiger partial charge is 0.516 e. The van der Waals surface area contributed by atoms with E-state index in [1.807, 2.05) is 0 Å². The molecule has 0 radical (unpaired) electrons. The molecule has 1 aliphatic rings. The van der Waals surface area contributed by atoms with E-state index in [4.69, 9.17) is 0 Å². The lowest BCUT2D eigenvalue weighted by molar-refractivity contribution is -0.0429. The highest BCUT2D eigenvalue weighted by atomic mass is 32.2. The van der Waals surface area contributed by atoms with E-state index in [0.717, 1.165) is 5.56 Å². The average Bonchev–Trinajstić information content (AvgIpc) is 2.57. The van der Waals surface area contributed by atoms with Crippen LogP contribution < -0.4 is 4.72 Å². The van der Waals surface area contributed by atoms with Crippen LogP contribution in [0, 0.1) is 5.92 Å². The summed E-state index contributed by atoms with van der Waals surface area (Å²) < 4.78 is 61.5. The Morgan fingerprint density at radius 1 is 1.15 bits per heavy atom. The molecule has 2 aromatic carbocycles. The summed E-state index contributed by atoms with van der Waals surface area (Å²) in [7, 11) is -5.48. The molecule has 0 saturated carbocycles. The molecule has 2 aromatic rings. The van der Waals surface area contributed by atoms with Crippen molar-refractivity contribution in [1.82, 2.24) is 0 Å². The van der Waals surface area contributed by atoms with Gasteiger partial charge in [-0.3, -0.25) is 4.72 Å². The van der Waals surface area contributed by atoms with Gasteiger partial charge in [0.1, 0.15) is 5.75 Å². The third-order valence-corrected chi connectivity index (χ3v) is 5.77. The number of alkyl halides is 3. The Morgan fingerprint density at radius 2 is 1.89 bits per heavy atom. The van der Waals surface area contributed by atoms with E-state index in [0.29, 0.717) is 30.4 Å². The highest BCUT2D eigenvalue weighted by molar-refractivity contribution is 7.93. The zero-order chi connectivity index (χ0) is 19.8. The second kappa shape index (κ2) is 7.05. The van der Waals surface area contributed by atoms with Crippen molar-refractivity contribution in [3.8, 4) is 5.75 Å². The molecule has 3 N–H and O–H groups in total. The number of hydrogen-bond acceptors (Lipinski definition) is 4. The van der Waals surface area contributed by atoms with Gasteiger partial charge in [-0.2, -0.15) is 21.6 Å². The number of phenols is 1. The Labute approximate surface area is 154 Å². The number of rotatable bonds is 4. The maximum atomic E-state index is 12.5. The summed E-state index contributed by atoms with van der Waals surface area (Å²) >= 11 is 0. The van der Waals surface area contributed by atoms with Gasteiger partial charge in [0, 0.05) is 5.69 Å². The van der Waals surface area contributed by atoms with Gasteiger partial charge in [-0.15, -0.1) is 0 Å². The molecule has 5 nitrogen and oxygen atoms in total. The number of phenolic OH excluding ortho intramolecular Hbond substituents is 1. The second-order valence-electron chi connectivity index (χ2n) is 6.58. The van der Waals surface area contributed by atoms with E-state index < -0.39 is 21.6 Å². The topological polar surface area (TPSA) is 86.6 Å². The molecular weight excluding hydrogens is 383 g/mol. The number of sulfonamides is 1. The van der Waals surface area contributed by atoms with Crippen molar-refractivity contribution in [3.05, 3.63) is 59.2 Å². The number of hydrogen-bond donors (Lipinski definition) is 3. The van der Waals surface area contributed by atoms with Crippen LogP contribution >= 0.6 is 0 Å². The highest BCUT2D eigenvalue weighted by Crippen LogP contribution is 2.38. The van der Waals surface area contributed by atoms with Crippen LogP contribution in [0.2, 0.25) is 0 Å². The van der Waals surface area contributed by atoms with Crippen LogP contribution in [0.4, 0.5) is 18.9 Å². The molecular formula is C18H18F3NO4S. The molecule has 0 bridgehead atoms. The first-order valence-electron chi connectivity index (χ1n) is 8.25. The van der Waals surface area contributed by atoms with Crippen molar-refractivity contribution in [2.24, 2.45) is 5.92 Å². The van der Waals surface area contributed by atoms with Gasteiger partial charge in [-0.25, -0.2) is 0 Å². The fourth-order valence-electron chi connectivity index (χ4n) is 3.33. The lowest BCUT2D eigenvalue weighted by atomic mass is 9.78. The van der Waals surface area contributed by atoms with Crippen molar-refractivity contribution < 1.29 is 31.8 Å². The molecule has 0 aromatic heterocycles. The summed E-state index contributed by atoms with van der Waals surface area (Å²) in [5, 5.41) is 20.2. The number of aliphatic hydroxyl groups is 1. The number of anilines is 1. The van der Waals surface area contributed by atoms with Gasteiger partial charge in [-0.05, 0) is 66.1 Å². The number of benzene rings is 2. The maximum absolute atomic E-state index is 12.5. The van der Waals surface area contributed by atoms with Crippen molar-refractivity contribution in [1.29, 1.82) is 0 Å². The SMILES string of the molecule is O=S(=O)(Nc1cccc(CC2CCc3ccc(O)cc3C2O)c1)C(F)(F)F. The molecule has 2 unspecified atom stereocenters. The Balaban J connectivity index is 1.77. The van der Waals surface area contributed by atoms with E-state index in [1.165, 1.54) is 29.0 Å². The lowest BCUT2D eigenvalue weighted by Crippen LogP contribution is -2.30. The van der Waals surface area contributed by atoms with Gasteiger partial charge < -0.3 is 10.2 Å². The average molecular weight is 401 g/mol. The van der Waals surface area contributed by atoms with Gasteiger partial charge in [0.2, 0.25) is 0 Å². The zero-order valence-corrected chi connectivity index (χ0v) is 14.9. The molecule has 0 spiro atoms. The number of halogens is 3. The smallest absolute Gasteiger partial charge is 0.508 e. The molecule has 27 heavy (non-hydrogen) atoms. The number of nitrogens with one attached hydrogen (secondary N) is 1. The van der Waals surface area contributed by atoms with E-state index >= 15 is 0 Å². The second-order valence-corrected chi connectivity index (χ2v) is 8.26. The maximum Gasteiger partial charge on any atom is 0.516 e. The number of aliphatic hydroxyl groups excluding tert-OH is 1. The van der Waals surface area contributed by atoms with Crippen molar-refractivity contribution in [2.45, 2.75) is 30.9 Å². The Kier molecular flexibility index (Phi) is 5.09. The van der Waals surface area contributed by atoms with E-state index in [-0.39, 0.29) is 17.4 Å². The first kappa shape index (κ1) is 19.5. The fourth-order valence-corrected chi connectivity index (χ4v) is 3.88. The van der Waals surface area contributed by atoms with Crippen molar-refractivity contribution in [3.63, 3.8) is 0 Å². The van der Waals surface area contributed by atoms with Crippen molar-refractivity contribution >= 4 is 15.7 Å². The van der Waals surface area contributed by atoms with Crippen LogP contribution in [0.1, 0.15) is 29.2 Å². The van der Waals surface area contributed by atoms with E-state index in [1.54, 1.807) is 18.2 Å². The third-order valence-electron chi connectivity index (χ3n) is 4.66. The molecule has 2 atom stereocenters. The first-order chi connectivity index (χ1) is 12.6.